The minimum Gasteiger partial charge on any atom is -0.497 e. The molecule has 1 saturated carbocycles. The lowest BCUT2D eigenvalue weighted by Gasteiger charge is -2.43. The van der Waals surface area contributed by atoms with Crippen molar-refractivity contribution in [3.05, 3.63) is 64.5 Å². The van der Waals surface area contributed by atoms with Gasteiger partial charge in [0.15, 0.2) is 0 Å². The zero-order chi connectivity index (χ0) is 29.3. The summed E-state index contributed by atoms with van der Waals surface area (Å²) in [7, 11) is -4.20. The van der Waals surface area contributed by atoms with Crippen molar-refractivity contribution in [1.82, 2.24) is 0 Å². The van der Waals surface area contributed by atoms with Gasteiger partial charge in [0.05, 0.1) is 32.5 Å². The number of hydrogen-bond donors (Lipinski definition) is 0. The lowest BCUT2D eigenvalue weighted by molar-refractivity contribution is -0.167. The third-order valence-electron chi connectivity index (χ3n) is 9.15. The van der Waals surface area contributed by atoms with Crippen LogP contribution in [0.2, 0.25) is 0 Å². The molecule has 0 bridgehead atoms. The standard InChI is InChI=1S/C30H37F3O7S/c1-28-15-13-27(40-41(34,35)30(31,32)33)25(12-16-29-14-4-3-5-23(29)19-38-20-39-29)26(28)11-8-22(28)18-37-17-21-6-9-24(36-2)10-7-21/h5-7,9-10,13,22H,3-4,8,11-12,14-20H2,1-2H3/t22-,28-,29-/m1/s1. The maximum atomic E-state index is 13.3. The molecule has 41 heavy (non-hydrogen) atoms. The van der Waals surface area contributed by atoms with Gasteiger partial charge in [0, 0.05) is 0 Å². The summed E-state index contributed by atoms with van der Waals surface area (Å²) < 4.78 is 91.8. The molecule has 0 N–H and O–H groups in total. The highest BCUT2D eigenvalue weighted by molar-refractivity contribution is 7.87. The van der Waals surface area contributed by atoms with Crippen LogP contribution in [0.3, 0.4) is 0 Å². The first-order chi connectivity index (χ1) is 19.5. The second kappa shape index (κ2) is 11.7. The lowest BCUT2D eigenvalue weighted by Crippen LogP contribution is -2.43. The molecule has 226 valence electrons. The van der Waals surface area contributed by atoms with Crippen molar-refractivity contribution in [2.75, 3.05) is 27.1 Å². The smallest absolute Gasteiger partial charge is 0.497 e. The predicted molar refractivity (Wildman–Crippen MR) is 145 cm³/mol. The van der Waals surface area contributed by atoms with Crippen molar-refractivity contribution in [2.45, 2.75) is 76.0 Å². The summed E-state index contributed by atoms with van der Waals surface area (Å²) in [5.74, 6) is 0.672. The molecule has 1 aromatic carbocycles. The molecule has 4 aliphatic rings. The molecule has 5 rings (SSSR count). The van der Waals surface area contributed by atoms with E-state index < -0.39 is 21.2 Å². The van der Waals surface area contributed by atoms with Crippen molar-refractivity contribution in [2.24, 2.45) is 11.3 Å². The summed E-state index contributed by atoms with van der Waals surface area (Å²) in [4.78, 5) is 0. The Morgan fingerprint density at radius 2 is 1.93 bits per heavy atom. The number of ether oxygens (including phenoxy) is 4. The van der Waals surface area contributed by atoms with Crippen molar-refractivity contribution in [3.63, 3.8) is 0 Å². The van der Waals surface area contributed by atoms with Gasteiger partial charge in [-0.15, -0.1) is 0 Å². The van der Waals surface area contributed by atoms with E-state index in [0.717, 1.165) is 48.1 Å². The van der Waals surface area contributed by atoms with Crippen LogP contribution in [0.5, 0.6) is 5.75 Å². The Hall–Kier alpha value is -2.34. The average molecular weight is 599 g/mol. The van der Waals surface area contributed by atoms with Crippen LogP contribution in [0.25, 0.3) is 0 Å². The Kier molecular flexibility index (Phi) is 8.63. The lowest BCUT2D eigenvalue weighted by atomic mass is 9.69. The van der Waals surface area contributed by atoms with Gasteiger partial charge in [-0.1, -0.05) is 30.7 Å². The van der Waals surface area contributed by atoms with Gasteiger partial charge < -0.3 is 23.1 Å². The monoisotopic (exact) mass is 598 g/mol. The Morgan fingerprint density at radius 3 is 2.66 bits per heavy atom. The molecule has 1 saturated heterocycles. The van der Waals surface area contributed by atoms with Crippen LogP contribution >= 0.6 is 0 Å². The third kappa shape index (κ3) is 6.09. The molecular formula is C30H37F3O7S. The van der Waals surface area contributed by atoms with Crippen molar-refractivity contribution in [1.29, 1.82) is 0 Å². The van der Waals surface area contributed by atoms with E-state index in [1.807, 2.05) is 24.3 Å². The molecule has 0 spiro atoms. The van der Waals surface area contributed by atoms with Crippen LogP contribution in [0, 0.1) is 11.3 Å². The van der Waals surface area contributed by atoms with Crippen LogP contribution < -0.4 is 4.74 Å². The summed E-state index contributed by atoms with van der Waals surface area (Å²) in [6, 6.07) is 7.64. The molecule has 0 radical (unpaired) electrons. The second-order valence-corrected chi connectivity index (χ2v) is 13.0. The highest BCUT2D eigenvalue weighted by Crippen LogP contribution is 2.56. The van der Waals surface area contributed by atoms with Crippen LogP contribution in [0.1, 0.15) is 63.9 Å². The normalized spacial score (nSPS) is 28.5. The van der Waals surface area contributed by atoms with E-state index >= 15 is 0 Å². The highest BCUT2D eigenvalue weighted by atomic mass is 32.2. The second-order valence-electron chi connectivity index (χ2n) is 11.5. The Bertz CT molecular complexity index is 1320. The zero-order valence-electron chi connectivity index (χ0n) is 23.4. The molecule has 3 aliphatic carbocycles. The van der Waals surface area contributed by atoms with Gasteiger partial charge in [-0.2, -0.15) is 21.6 Å². The number of hydrogen-bond acceptors (Lipinski definition) is 7. The molecule has 2 fully saturated rings. The van der Waals surface area contributed by atoms with Crippen molar-refractivity contribution < 1.29 is 44.7 Å². The van der Waals surface area contributed by atoms with Crippen molar-refractivity contribution >= 4 is 10.1 Å². The quantitative estimate of drug-likeness (QED) is 0.168. The number of alkyl halides is 3. The first kappa shape index (κ1) is 30.1. The molecule has 3 atom stereocenters. The maximum absolute atomic E-state index is 13.3. The maximum Gasteiger partial charge on any atom is 0.534 e. The molecule has 7 nitrogen and oxygen atoms in total. The minimum absolute atomic E-state index is 0.116. The highest BCUT2D eigenvalue weighted by Gasteiger charge is 2.51. The summed E-state index contributed by atoms with van der Waals surface area (Å²) in [5.41, 5.74) is -2.91. The zero-order valence-corrected chi connectivity index (χ0v) is 24.2. The number of halogens is 3. The van der Waals surface area contributed by atoms with Crippen molar-refractivity contribution in [3.8, 4) is 5.75 Å². The van der Waals surface area contributed by atoms with E-state index in [1.165, 1.54) is 6.08 Å². The van der Waals surface area contributed by atoms with Crippen LogP contribution in [0.15, 0.2) is 58.9 Å². The summed E-state index contributed by atoms with van der Waals surface area (Å²) >= 11 is 0. The van der Waals surface area contributed by atoms with Crippen LogP contribution in [0.4, 0.5) is 13.2 Å². The molecule has 0 aromatic heterocycles. The van der Waals surface area contributed by atoms with E-state index in [2.05, 4.69) is 13.0 Å². The molecule has 1 aliphatic heterocycles. The Morgan fingerprint density at radius 1 is 1.15 bits per heavy atom. The van der Waals surface area contributed by atoms with E-state index in [9.17, 15) is 21.6 Å². The third-order valence-corrected chi connectivity index (χ3v) is 10.1. The van der Waals surface area contributed by atoms with Gasteiger partial charge in [-0.05, 0) is 97.6 Å². The molecule has 1 heterocycles. The fourth-order valence-electron chi connectivity index (χ4n) is 6.72. The summed E-state index contributed by atoms with van der Waals surface area (Å²) in [6.45, 7) is 3.60. The van der Waals surface area contributed by atoms with Gasteiger partial charge in [0.25, 0.3) is 0 Å². The molecule has 0 amide bonds. The topological polar surface area (TPSA) is 80.3 Å². The van der Waals surface area contributed by atoms with Gasteiger partial charge in [-0.3, -0.25) is 0 Å². The number of benzene rings is 1. The predicted octanol–water partition coefficient (Wildman–Crippen LogP) is 6.71. The Balaban J connectivity index is 1.37. The molecule has 0 unspecified atom stereocenters. The van der Waals surface area contributed by atoms with Crippen LogP contribution in [-0.4, -0.2) is 46.6 Å². The fourth-order valence-corrected chi connectivity index (χ4v) is 7.22. The SMILES string of the molecule is COc1ccc(COC[C@H]2CCC3=C(CC[C@]45CCCC=C4COCO5)C(OS(=O)(=O)C(F)(F)F)=CC[C@@]32C)cc1. The average Bonchev–Trinajstić information content (AvgIpc) is 3.28. The molecule has 1 aromatic rings. The fraction of sp³-hybridized carbons (Fsp3) is 0.600. The number of fused-ring (bicyclic) bond motifs is 2. The number of rotatable bonds is 10. The van der Waals surface area contributed by atoms with Gasteiger partial charge in [0.1, 0.15) is 18.3 Å². The largest absolute Gasteiger partial charge is 0.534 e. The van der Waals surface area contributed by atoms with Crippen LogP contribution in [-0.2, 0) is 35.1 Å². The van der Waals surface area contributed by atoms with E-state index in [1.54, 1.807) is 7.11 Å². The number of methoxy groups -OCH3 is 1. The molecule has 11 heteroatoms. The van der Waals surface area contributed by atoms with E-state index in [0.29, 0.717) is 51.1 Å². The Labute approximate surface area is 239 Å². The van der Waals surface area contributed by atoms with Gasteiger partial charge in [-0.25, -0.2) is 0 Å². The summed E-state index contributed by atoms with van der Waals surface area (Å²) in [5, 5.41) is 0. The van der Waals surface area contributed by atoms with Gasteiger partial charge in [0.2, 0.25) is 0 Å². The first-order valence-electron chi connectivity index (χ1n) is 14.0. The van der Waals surface area contributed by atoms with Gasteiger partial charge >= 0.3 is 15.6 Å². The summed E-state index contributed by atoms with van der Waals surface area (Å²) in [6.07, 6.45) is 8.90. The minimum atomic E-state index is -5.81. The van der Waals surface area contributed by atoms with E-state index in [4.69, 9.17) is 23.1 Å². The first-order valence-corrected chi connectivity index (χ1v) is 15.4. The number of allylic oxidation sites excluding steroid dienone is 4. The van der Waals surface area contributed by atoms with E-state index in [-0.39, 0.29) is 23.9 Å². The molecular weight excluding hydrogens is 561 g/mol.